The minimum Gasteiger partial charge on any atom is -0.507 e. The summed E-state index contributed by atoms with van der Waals surface area (Å²) in [7, 11) is 0. The van der Waals surface area contributed by atoms with Gasteiger partial charge in [-0.25, -0.2) is 0 Å². The van der Waals surface area contributed by atoms with Gasteiger partial charge in [0, 0.05) is 5.56 Å². The standard InChI is InChI=1S/C27H18O2/c28-17-24-25(29)16-20-11-5-7-13-22(20)27(24)26-21-12-6-4-10-19(21)14-15-23(26)18-8-2-1-3-9-18/h1-17,29H. The summed E-state index contributed by atoms with van der Waals surface area (Å²) in [6, 6.07) is 32.0. The molecule has 0 aliphatic carbocycles. The van der Waals surface area contributed by atoms with E-state index in [9.17, 15) is 9.90 Å². The predicted molar refractivity (Wildman–Crippen MR) is 119 cm³/mol. The lowest BCUT2D eigenvalue weighted by atomic mass is 9.85. The largest absolute Gasteiger partial charge is 0.507 e. The maximum absolute atomic E-state index is 12.1. The van der Waals surface area contributed by atoms with Crippen LogP contribution in [0.2, 0.25) is 0 Å². The fourth-order valence-corrected chi connectivity index (χ4v) is 4.14. The van der Waals surface area contributed by atoms with Crippen molar-refractivity contribution in [1.29, 1.82) is 0 Å². The monoisotopic (exact) mass is 374 g/mol. The van der Waals surface area contributed by atoms with E-state index in [1.54, 1.807) is 6.07 Å². The van der Waals surface area contributed by atoms with E-state index in [4.69, 9.17) is 0 Å². The number of aromatic hydroxyl groups is 1. The molecule has 2 heteroatoms. The van der Waals surface area contributed by atoms with Crippen molar-refractivity contribution in [3.63, 3.8) is 0 Å². The summed E-state index contributed by atoms with van der Waals surface area (Å²) in [5, 5.41) is 14.6. The maximum atomic E-state index is 12.1. The molecule has 0 aliphatic heterocycles. The molecule has 0 spiro atoms. The van der Waals surface area contributed by atoms with Gasteiger partial charge in [0.05, 0.1) is 5.56 Å². The number of rotatable bonds is 3. The number of fused-ring (bicyclic) bond motifs is 2. The van der Waals surface area contributed by atoms with E-state index in [-0.39, 0.29) is 5.75 Å². The fraction of sp³-hybridized carbons (Fsp3) is 0. The van der Waals surface area contributed by atoms with Crippen molar-refractivity contribution < 1.29 is 9.90 Å². The van der Waals surface area contributed by atoms with Crippen LogP contribution in [-0.4, -0.2) is 11.4 Å². The normalized spacial score (nSPS) is 11.0. The molecule has 0 fully saturated rings. The smallest absolute Gasteiger partial charge is 0.154 e. The van der Waals surface area contributed by atoms with Gasteiger partial charge in [-0.15, -0.1) is 0 Å². The topological polar surface area (TPSA) is 37.3 Å². The third kappa shape index (κ3) is 2.77. The van der Waals surface area contributed by atoms with Crippen molar-refractivity contribution in [2.45, 2.75) is 0 Å². The van der Waals surface area contributed by atoms with Crippen LogP contribution in [0.3, 0.4) is 0 Å². The first kappa shape index (κ1) is 17.2. The molecule has 1 N–H and O–H groups in total. The zero-order valence-corrected chi connectivity index (χ0v) is 15.7. The first-order chi connectivity index (χ1) is 14.3. The Morgan fingerprint density at radius 3 is 1.97 bits per heavy atom. The predicted octanol–water partition coefficient (Wildman–Crippen LogP) is 6.85. The van der Waals surface area contributed by atoms with Gasteiger partial charge in [-0.1, -0.05) is 91.0 Å². The molecule has 2 nitrogen and oxygen atoms in total. The summed E-state index contributed by atoms with van der Waals surface area (Å²) in [4.78, 5) is 12.1. The highest BCUT2D eigenvalue weighted by Gasteiger charge is 2.20. The molecule has 5 rings (SSSR count). The molecule has 0 amide bonds. The highest BCUT2D eigenvalue weighted by atomic mass is 16.3. The number of aldehydes is 1. The van der Waals surface area contributed by atoms with Gasteiger partial charge in [0.1, 0.15) is 5.75 Å². The van der Waals surface area contributed by atoms with Gasteiger partial charge < -0.3 is 5.11 Å². The van der Waals surface area contributed by atoms with Crippen molar-refractivity contribution in [1.82, 2.24) is 0 Å². The number of hydrogen-bond acceptors (Lipinski definition) is 2. The van der Waals surface area contributed by atoms with Gasteiger partial charge >= 0.3 is 0 Å². The molecule has 0 bridgehead atoms. The number of carbonyl (C=O) groups is 1. The summed E-state index contributed by atoms with van der Waals surface area (Å²) in [6.45, 7) is 0. The van der Waals surface area contributed by atoms with Gasteiger partial charge in [-0.3, -0.25) is 4.79 Å². The van der Waals surface area contributed by atoms with Crippen molar-refractivity contribution >= 4 is 27.8 Å². The molecule has 0 unspecified atom stereocenters. The Balaban J connectivity index is 2.02. The van der Waals surface area contributed by atoms with Gasteiger partial charge in [-0.2, -0.15) is 0 Å². The van der Waals surface area contributed by atoms with Crippen LogP contribution in [0.25, 0.3) is 43.8 Å². The molecule has 0 aliphatic rings. The third-order valence-corrected chi connectivity index (χ3v) is 5.45. The van der Waals surface area contributed by atoms with E-state index in [0.717, 1.165) is 50.1 Å². The van der Waals surface area contributed by atoms with Gasteiger partial charge in [0.15, 0.2) is 6.29 Å². The number of hydrogen-bond donors (Lipinski definition) is 1. The molecule has 5 aromatic carbocycles. The van der Waals surface area contributed by atoms with Crippen LogP contribution in [0, 0.1) is 0 Å². The van der Waals surface area contributed by atoms with Crippen molar-refractivity contribution in [3.8, 4) is 28.0 Å². The molecule has 0 saturated heterocycles. The quantitative estimate of drug-likeness (QED) is 0.351. The van der Waals surface area contributed by atoms with Gasteiger partial charge in [-0.05, 0) is 44.3 Å². The Hall–Kier alpha value is -3.91. The van der Waals surface area contributed by atoms with E-state index < -0.39 is 0 Å². The molecule has 0 saturated carbocycles. The minimum atomic E-state index is 0.000598. The fourth-order valence-electron chi connectivity index (χ4n) is 4.14. The molecular weight excluding hydrogens is 356 g/mol. The second-order valence-corrected chi connectivity index (χ2v) is 7.10. The number of carbonyl (C=O) groups excluding carboxylic acids is 1. The summed E-state index contributed by atoms with van der Waals surface area (Å²) >= 11 is 0. The molecule has 0 heterocycles. The van der Waals surface area contributed by atoms with Crippen LogP contribution in [0.5, 0.6) is 5.75 Å². The first-order valence-electron chi connectivity index (χ1n) is 9.55. The molecule has 0 aromatic heterocycles. The van der Waals surface area contributed by atoms with E-state index in [1.807, 2.05) is 54.6 Å². The van der Waals surface area contributed by atoms with Crippen LogP contribution in [0.4, 0.5) is 0 Å². The van der Waals surface area contributed by atoms with Crippen LogP contribution in [0.1, 0.15) is 10.4 Å². The zero-order chi connectivity index (χ0) is 19.8. The van der Waals surface area contributed by atoms with Crippen molar-refractivity contribution in [2.75, 3.05) is 0 Å². The summed E-state index contributed by atoms with van der Waals surface area (Å²) < 4.78 is 0. The third-order valence-electron chi connectivity index (χ3n) is 5.45. The average molecular weight is 374 g/mol. The van der Waals surface area contributed by atoms with E-state index in [1.165, 1.54) is 0 Å². The second kappa shape index (κ2) is 6.92. The molecule has 0 radical (unpaired) electrons. The summed E-state index contributed by atoms with van der Waals surface area (Å²) in [6.07, 6.45) is 0.758. The second-order valence-electron chi connectivity index (χ2n) is 7.10. The highest BCUT2D eigenvalue weighted by Crippen LogP contribution is 2.44. The van der Waals surface area contributed by atoms with Crippen molar-refractivity contribution in [3.05, 3.63) is 103 Å². The lowest BCUT2D eigenvalue weighted by molar-refractivity contribution is 0.112. The van der Waals surface area contributed by atoms with Crippen molar-refractivity contribution in [2.24, 2.45) is 0 Å². The van der Waals surface area contributed by atoms with E-state index in [0.29, 0.717) is 5.56 Å². The zero-order valence-electron chi connectivity index (χ0n) is 15.7. The van der Waals surface area contributed by atoms with Gasteiger partial charge in [0.25, 0.3) is 0 Å². The molecule has 0 atom stereocenters. The highest BCUT2D eigenvalue weighted by molar-refractivity contribution is 6.15. The number of phenols is 1. The Labute approximate surface area is 168 Å². The molecule has 5 aromatic rings. The lowest BCUT2D eigenvalue weighted by Crippen LogP contribution is -1.95. The van der Waals surface area contributed by atoms with Crippen LogP contribution >= 0.6 is 0 Å². The van der Waals surface area contributed by atoms with Crippen LogP contribution in [0.15, 0.2) is 97.1 Å². The first-order valence-corrected chi connectivity index (χ1v) is 9.55. The maximum Gasteiger partial charge on any atom is 0.154 e. The summed E-state index contributed by atoms with van der Waals surface area (Å²) in [5.74, 6) is 0.000598. The SMILES string of the molecule is O=Cc1c(O)cc2ccccc2c1-c1c(-c2ccccc2)ccc2ccccc12. The minimum absolute atomic E-state index is 0.000598. The Kier molecular flexibility index (Phi) is 4.10. The van der Waals surface area contributed by atoms with E-state index in [2.05, 4.69) is 36.4 Å². The molecule has 29 heavy (non-hydrogen) atoms. The lowest BCUT2D eigenvalue weighted by Gasteiger charge is -2.18. The number of benzene rings is 5. The average Bonchev–Trinajstić information content (AvgIpc) is 2.78. The molecule has 138 valence electrons. The van der Waals surface area contributed by atoms with Gasteiger partial charge in [0.2, 0.25) is 0 Å². The Bertz CT molecular complexity index is 1370. The Morgan fingerprint density at radius 1 is 0.621 bits per heavy atom. The summed E-state index contributed by atoms with van der Waals surface area (Å²) in [5.41, 5.74) is 4.15. The number of phenolic OH excluding ortho intramolecular Hbond substituents is 1. The van der Waals surface area contributed by atoms with Crippen LogP contribution in [-0.2, 0) is 0 Å². The Morgan fingerprint density at radius 2 is 1.24 bits per heavy atom. The van der Waals surface area contributed by atoms with Crippen LogP contribution < -0.4 is 0 Å². The molecular formula is C27H18O2. The van der Waals surface area contributed by atoms with E-state index >= 15 is 0 Å².